The molecule has 28 heavy (non-hydrogen) atoms. The van der Waals surface area contributed by atoms with E-state index in [4.69, 9.17) is 11.6 Å². The lowest BCUT2D eigenvalue weighted by Crippen LogP contribution is -2.51. The van der Waals surface area contributed by atoms with Crippen molar-refractivity contribution in [1.29, 1.82) is 0 Å². The molecule has 0 bridgehead atoms. The second-order valence-electron chi connectivity index (χ2n) is 7.56. The van der Waals surface area contributed by atoms with Gasteiger partial charge in [-0.3, -0.25) is 14.7 Å². The Morgan fingerprint density at radius 2 is 1.86 bits per heavy atom. The predicted octanol–water partition coefficient (Wildman–Crippen LogP) is 2.69. The van der Waals surface area contributed by atoms with Crippen molar-refractivity contribution in [2.24, 2.45) is 5.92 Å². The molecule has 2 saturated heterocycles. The summed E-state index contributed by atoms with van der Waals surface area (Å²) in [6, 6.07) is 8.01. The third kappa shape index (κ3) is 4.62. The smallest absolute Gasteiger partial charge is 0.225 e. The van der Waals surface area contributed by atoms with Gasteiger partial charge in [0, 0.05) is 69.1 Å². The molecule has 0 radical (unpaired) electrons. The summed E-state index contributed by atoms with van der Waals surface area (Å²) in [5.74, 6) is 1.36. The van der Waals surface area contributed by atoms with Crippen LogP contribution in [0.1, 0.15) is 18.4 Å². The monoisotopic (exact) mass is 399 g/mol. The van der Waals surface area contributed by atoms with Gasteiger partial charge in [0.05, 0.1) is 6.20 Å². The molecule has 1 aromatic carbocycles. The second-order valence-corrected chi connectivity index (χ2v) is 7.99. The average Bonchev–Trinajstić information content (AvgIpc) is 2.75. The SMILES string of the molecule is O=C(C1CCN(c2cnccn2)CC1)N1CCN(Cc2cccc(Cl)c2)CC1. The van der Waals surface area contributed by atoms with Gasteiger partial charge in [-0.25, -0.2) is 4.98 Å². The van der Waals surface area contributed by atoms with Gasteiger partial charge in [0.15, 0.2) is 0 Å². The van der Waals surface area contributed by atoms with Crippen molar-refractivity contribution in [3.8, 4) is 0 Å². The minimum atomic E-state index is 0.132. The summed E-state index contributed by atoms with van der Waals surface area (Å²) in [6.45, 7) is 6.06. The number of hydrogen-bond donors (Lipinski definition) is 0. The summed E-state index contributed by atoms with van der Waals surface area (Å²) in [5, 5.41) is 0.777. The van der Waals surface area contributed by atoms with Crippen molar-refractivity contribution in [2.45, 2.75) is 19.4 Å². The first-order chi connectivity index (χ1) is 13.7. The number of rotatable bonds is 4. The maximum absolute atomic E-state index is 12.9. The van der Waals surface area contributed by atoms with E-state index in [9.17, 15) is 4.79 Å². The number of benzene rings is 1. The average molecular weight is 400 g/mol. The predicted molar refractivity (Wildman–Crippen MR) is 110 cm³/mol. The number of halogens is 1. The molecule has 148 valence electrons. The summed E-state index contributed by atoms with van der Waals surface area (Å²) in [6.07, 6.45) is 6.97. The molecule has 2 fully saturated rings. The van der Waals surface area contributed by atoms with Crippen molar-refractivity contribution in [1.82, 2.24) is 19.8 Å². The van der Waals surface area contributed by atoms with Crippen LogP contribution in [0, 0.1) is 5.92 Å². The second kappa shape index (κ2) is 8.88. The lowest BCUT2D eigenvalue weighted by atomic mass is 9.95. The Balaban J connectivity index is 1.24. The fourth-order valence-electron chi connectivity index (χ4n) is 4.09. The van der Waals surface area contributed by atoms with Gasteiger partial charge >= 0.3 is 0 Å². The molecule has 0 saturated carbocycles. The minimum absolute atomic E-state index is 0.132. The Morgan fingerprint density at radius 1 is 1.07 bits per heavy atom. The molecule has 2 aromatic rings. The standard InChI is InChI=1S/C21H26ClN5O/c22-19-3-1-2-17(14-19)16-25-10-12-27(13-11-25)21(28)18-4-8-26(9-5-18)20-15-23-6-7-24-20/h1-3,6-7,14-15,18H,4-5,8-13,16H2. The van der Waals surface area contributed by atoms with Crippen LogP contribution in [0.5, 0.6) is 0 Å². The Morgan fingerprint density at radius 3 is 2.54 bits per heavy atom. The lowest BCUT2D eigenvalue weighted by molar-refractivity contribution is -0.138. The highest BCUT2D eigenvalue weighted by atomic mass is 35.5. The minimum Gasteiger partial charge on any atom is -0.355 e. The number of nitrogens with zero attached hydrogens (tertiary/aromatic N) is 5. The van der Waals surface area contributed by atoms with Crippen LogP contribution in [0.25, 0.3) is 0 Å². The molecule has 0 aliphatic carbocycles. The first-order valence-corrected chi connectivity index (χ1v) is 10.3. The molecule has 4 rings (SSSR count). The maximum Gasteiger partial charge on any atom is 0.225 e. The van der Waals surface area contributed by atoms with Gasteiger partial charge in [0.2, 0.25) is 5.91 Å². The number of carbonyl (C=O) groups is 1. The number of aromatic nitrogens is 2. The molecule has 0 atom stereocenters. The number of amides is 1. The molecule has 2 aliphatic rings. The van der Waals surface area contributed by atoms with E-state index >= 15 is 0 Å². The molecule has 7 heteroatoms. The van der Waals surface area contributed by atoms with Gasteiger partial charge in [0.25, 0.3) is 0 Å². The molecule has 0 N–H and O–H groups in total. The quantitative estimate of drug-likeness (QED) is 0.791. The molecular formula is C21H26ClN5O. The molecule has 0 unspecified atom stereocenters. The fraction of sp³-hybridized carbons (Fsp3) is 0.476. The molecular weight excluding hydrogens is 374 g/mol. The lowest BCUT2D eigenvalue weighted by Gasteiger charge is -2.38. The highest BCUT2D eigenvalue weighted by molar-refractivity contribution is 6.30. The summed E-state index contributed by atoms with van der Waals surface area (Å²) in [7, 11) is 0. The number of piperazine rings is 1. The van der Waals surface area contributed by atoms with E-state index in [1.165, 1.54) is 5.56 Å². The van der Waals surface area contributed by atoms with Gasteiger partial charge in [-0.1, -0.05) is 23.7 Å². The van der Waals surface area contributed by atoms with Gasteiger partial charge in [0.1, 0.15) is 5.82 Å². The molecule has 1 amide bonds. The normalized spacial score (nSPS) is 19.0. The van der Waals surface area contributed by atoms with Gasteiger partial charge < -0.3 is 9.80 Å². The third-order valence-corrected chi connectivity index (χ3v) is 5.93. The summed E-state index contributed by atoms with van der Waals surface area (Å²) in [5.41, 5.74) is 1.23. The van der Waals surface area contributed by atoms with Crippen LogP contribution in [0.4, 0.5) is 5.82 Å². The van der Waals surface area contributed by atoms with E-state index < -0.39 is 0 Å². The van der Waals surface area contributed by atoms with E-state index in [0.717, 1.165) is 69.5 Å². The van der Waals surface area contributed by atoms with Crippen LogP contribution in [-0.2, 0) is 11.3 Å². The van der Waals surface area contributed by atoms with Crippen LogP contribution in [0.2, 0.25) is 5.02 Å². The van der Waals surface area contributed by atoms with Crippen LogP contribution in [-0.4, -0.2) is 64.9 Å². The Hall–Kier alpha value is -2.18. The zero-order chi connectivity index (χ0) is 19.3. The maximum atomic E-state index is 12.9. The first-order valence-electron chi connectivity index (χ1n) is 9.95. The van der Waals surface area contributed by atoms with Crippen molar-refractivity contribution < 1.29 is 4.79 Å². The van der Waals surface area contributed by atoms with Crippen molar-refractivity contribution >= 4 is 23.3 Å². The van der Waals surface area contributed by atoms with Crippen LogP contribution < -0.4 is 4.90 Å². The number of anilines is 1. The summed E-state index contributed by atoms with van der Waals surface area (Å²) >= 11 is 6.08. The van der Waals surface area contributed by atoms with Crippen LogP contribution in [0.3, 0.4) is 0 Å². The molecule has 0 spiro atoms. The topological polar surface area (TPSA) is 52.6 Å². The molecule has 2 aliphatic heterocycles. The molecule has 6 nitrogen and oxygen atoms in total. The number of carbonyl (C=O) groups excluding carboxylic acids is 1. The summed E-state index contributed by atoms with van der Waals surface area (Å²) in [4.78, 5) is 28.1. The molecule has 1 aromatic heterocycles. The van der Waals surface area contributed by atoms with E-state index in [-0.39, 0.29) is 5.92 Å². The van der Waals surface area contributed by atoms with E-state index in [2.05, 4.69) is 30.7 Å². The summed E-state index contributed by atoms with van der Waals surface area (Å²) < 4.78 is 0. The van der Waals surface area contributed by atoms with Gasteiger partial charge in [-0.2, -0.15) is 0 Å². The third-order valence-electron chi connectivity index (χ3n) is 5.70. The highest BCUT2D eigenvalue weighted by Gasteiger charge is 2.30. The zero-order valence-corrected chi connectivity index (χ0v) is 16.8. The number of piperidine rings is 1. The van der Waals surface area contributed by atoms with Crippen molar-refractivity contribution in [2.75, 3.05) is 44.2 Å². The first kappa shape index (κ1) is 19.2. The zero-order valence-electron chi connectivity index (χ0n) is 16.0. The van der Waals surface area contributed by atoms with Gasteiger partial charge in [-0.05, 0) is 30.5 Å². The van der Waals surface area contributed by atoms with Crippen LogP contribution >= 0.6 is 11.6 Å². The van der Waals surface area contributed by atoms with Crippen LogP contribution in [0.15, 0.2) is 42.9 Å². The Kier molecular flexibility index (Phi) is 6.07. The van der Waals surface area contributed by atoms with E-state index in [1.807, 2.05) is 18.2 Å². The highest BCUT2D eigenvalue weighted by Crippen LogP contribution is 2.23. The van der Waals surface area contributed by atoms with Crippen molar-refractivity contribution in [3.63, 3.8) is 0 Å². The van der Waals surface area contributed by atoms with E-state index in [1.54, 1.807) is 18.6 Å². The molecule has 3 heterocycles. The van der Waals surface area contributed by atoms with Crippen molar-refractivity contribution in [3.05, 3.63) is 53.4 Å². The fourth-order valence-corrected chi connectivity index (χ4v) is 4.30. The van der Waals surface area contributed by atoms with E-state index in [0.29, 0.717) is 5.91 Å². The van der Waals surface area contributed by atoms with Gasteiger partial charge in [-0.15, -0.1) is 0 Å². The number of hydrogen-bond acceptors (Lipinski definition) is 5. The largest absolute Gasteiger partial charge is 0.355 e. The Bertz CT molecular complexity index is 786. The Labute approximate surface area is 171 Å².